The van der Waals surface area contributed by atoms with Crippen molar-refractivity contribution in [3.63, 3.8) is 0 Å². The van der Waals surface area contributed by atoms with E-state index < -0.39 is 11.8 Å². The Morgan fingerprint density at radius 3 is 2.32 bits per heavy atom. The van der Waals surface area contributed by atoms with Gasteiger partial charge in [0.05, 0.1) is 0 Å². The van der Waals surface area contributed by atoms with E-state index in [0.29, 0.717) is 13.1 Å². The zero-order valence-electron chi connectivity index (χ0n) is 11.3. The summed E-state index contributed by atoms with van der Waals surface area (Å²) in [7, 11) is 0. The molecule has 0 aliphatic carbocycles. The van der Waals surface area contributed by atoms with E-state index in [4.69, 9.17) is 5.73 Å². The van der Waals surface area contributed by atoms with Gasteiger partial charge < -0.3 is 15.5 Å². The second kappa shape index (κ2) is 5.30. The molecule has 2 rings (SSSR count). The number of hydrogen-bond acceptors (Lipinski definition) is 3. The largest absolute Gasteiger partial charge is 0.368 e. The minimum atomic E-state index is -0.875. The monoisotopic (exact) mass is 261 g/mol. The number of carbonyl (C=O) groups excluding carboxylic acids is 2. The van der Waals surface area contributed by atoms with Crippen LogP contribution in [0, 0.1) is 13.8 Å². The van der Waals surface area contributed by atoms with E-state index >= 15 is 0 Å². The molecule has 0 aromatic heterocycles. The lowest BCUT2D eigenvalue weighted by atomic mass is 10.1. The summed E-state index contributed by atoms with van der Waals surface area (Å²) in [6.45, 7) is 6.72. The number of hydrogen-bond donors (Lipinski definition) is 1. The van der Waals surface area contributed by atoms with E-state index in [0.717, 1.165) is 13.1 Å². The van der Waals surface area contributed by atoms with Gasteiger partial charge in [0, 0.05) is 31.9 Å². The maximum absolute atomic E-state index is 11.5. The number of primary amides is 1. The molecule has 5 nitrogen and oxygen atoms in total. The van der Waals surface area contributed by atoms with Crippen molar-refractivity contribution in [3.8, 4) is 0 Å². The summed E-state index contributed by atoms with van der Waals surface area (Å²) in [6.07, 6.45) is 0. The fourth-order valence-corrected chi connectivity index (χ4v) is 2.38. The van der Waals surface area contributed by atoms with Crippen molar-refractivity contribution in [1.82, 2.24) is 4.90 Å². The molecule has 5 heteroatoms. The molecule has 1 saturated heterocycles. The zero-order valence-corrected chi connectivity index (χ0v) is 11.3. The molecule has 0 radical (unpaired) electrons. The fraction of sp³-hybridized carbons (Fsp3) is 0.429. The van der Waals surface area contributed by atoms with Gasteiger partial charge in [0.25, 0.3) is 0 Å². The van der Waals surface area contributed by atoms with Gasteiger partial charge in [-0.2, -0.15) is 0 Å². The first-order chi connectivity index (χ1) is 9.00. The molecular formula is C14H19N3O2. The molecule has 0 unspecified atom stereocenters. The lowest BCUT2D eigenvalue weighted by Crippen LogP contribution is -2.52. The second-order valence-corrected chi connectivity index (χ2v) is 4.86. The van der Waals surface area contributed by atoms with Gasteiger partial charge in [0.2, 0.25) is 0 Å². The molecule has 1 aromatic carbocycles. The lowest BCUT2D eigenvalue weighted by molar-refractivity contribution is -0.144. The molecule has 2 amide bonds. The first-order valence-corrected chi connectivity index (χ1v) is 6.40. The third-order valence-electron chi connectivity index (χ3n) is 3.69. The highest BCUT2D eigenvalue weighted by molar-refractivity contribution is 6.34. The Morgan fingerprint density at radius 1 is 1.11 bits per heavy atom. The van der Waals surface area contributed by atoms with Crippen molar-refractivity contribution in [3.05, 3.63) is 29.3 Å². The van der Waals surface area contributed by atoms with Crippen LogP contribution in [0.1, 0.15) is 11.1 Å². The van der Waals surface area contributed by atoms with Crippen molar-refractivity contribution in [1.29, 1.82) is 0 Å². The van der Waals surface area contributed by atoms with Gasteiger partial charge in [-0.25, -0.2) is 0 Å². The number of piperazine rings is 1. The summed E-state index contributed by atoms with van der Waals surface area (Å²) in [5, 5.41) is 0. The van der Waals surface area contributed by atoms with E-state index in [9.17, 15) is 9.59 Å². The van der Waals surface area contributed by atoms with E-state index in [-0.39, 0.29) is 0 Å². The van der Waals surface area contributed by atoms with Crippen LogP contribution in [0.15, 0.2) is 18.2 Å². The first kappa shape index (κ1) is 13.4. The highest BCUT2D eigenvalue weighted by atomic mass is 16.2. The minimum Gasteiger partial charge on any atom is -0.368 e. The van der Waals surface area contributed by atoms with Crippen LogP contribution in [0.5, 0.6) is 0 Å². The topological polar surface area (TPSA) is 66.6 Å². The molecule has 19 heavy (non-hydrogen) atoms. The van der Waals surface area contributed by atoms with Crippen molar-refractivity contribution in [2.24, 2.45) is 5.73 Å². The smallest absolute Gasteiger partial charge is 0.311 e. The molecule has 1 aliphatic rings. The Bertz CT molecular complexity index is 505. The number of nitrogens with zero attached hydrogens (tertiary/aromatic N) is 2. The van der Waals surface area contributed by atoms with Crippen molar-refractivity contribution in [2.75, 3.05) is 31.1 Å². The maximum atomic E-state index is 11.5. The van der Waals surface area contributed by atoms with Crippen LogP contribution in [-0.4, -0.2) is 42.9 Å². The number of aryl methyl sites for hydroxylation is 1. The van der Waals surface area contributed by atoms with Crippen molar-refractivity contribution in [2.45, 2.75) is 13.8 Å². The van der Waals surface area contributed by atoms with E-state index in [1.54, 1.807) is 0 Å². The van der Waals surface area contributed by atoms with Crippen LogP contribution in [0.4, 0.5) is 5.69 Å². The third-order valence-corrected chi connectivity index (χ3v) is 3.69. The zero-order chi connectivity index (χ0) is 14.0. The molecule has 0 saturated carbocycles. The van der Waals surface area contributed by atoms with E-state index in [1.807, 2.05) is 6.07 Å². The Balaban J connectivity index is 2.06. The van der Waals surface area contributed by atoms with Gasteiger partial charge in [-0.1, -0.05) is 12.1 Å². The summed E-state index contributed by atoms with van der Waals surface area (Å²) < 4.78 is 0. The van der Waals surface area contributed by atoms with Gasteiger partial charge in [0.1, 0.15) is 0 Å². The van der Waals surface area contributed by atoms with Crippen LogP contribution < -0.4 is 10.6 Å². The Labute approximate surface area is 113 Å². The van der Waals surface area contributed by atoms with Crippen LogP contribution in [0.25, 0.3) is 0 Å². The van der Waals surface area contributed by atoms with Crippen LogP contribution in [0.3, 0.4) is 0 Å². The summed E-state index contributed by atoms with van der Waals surface area (Å²) in [6, 6.07) is 6.22. The number of anilines is 1. The summed E-state index contributed by atoms with van der Waals surface area (Å²) in [4.78, 5) is 26.1. The Kier molecular flexibility index (Phi) is 3.74. The van der Waals surface area contributed by atoms with Gasteiger partial charge >= 0.3 is 11.8 Å². The quantitative estimate of drug-likeness (QED) is 0.746. The summed E-state index contributed by atoms with van der Waals surface area (Å²) >= 11 is 0. The number of benzene rings is 1. The van der Waals surface area contributed by atoms with Gasteiger partial charge in [-0.3, -0.25) is 9.59 Å². The molecule has 0 atom stereocenters. The number of nitrogens with two attached hydrogens (primary N) is 1. The number of amides is 2. The van der Waals surface area contributed by atoms with Gasteiger partial charge in [0.15, 0.2) is 0 Å². The standard InChI is InChI=1S/C14H19N3O2/c1-10-4-3-5-12(11(10)2)16-6-8-17(9-7-16)14(19)13(15)18/h3-5H,6-9H2,1-2H3,(H2,15,18). The Morgan fingerprint density at radius 2 is 1.74 bits per heavy atom. The third kappa shape index (κ3) is 2.70. The molecule has 0 bridgehead atoms. The number of carbonyl (C=O) groups is 2. The molecule has 2 N–H and O–H groups in total. The van der Waals surface area contributed by atoms with E-state index in [1.165, 1.54) is 21.7 Å². The second-order valence-electron chi connectivity index (χ2n) is 4.86. The predicted molar refractivity (Wildman–Crippen MR) is 73.9 cm³/mol. The lowest BCUT2D eigenvalue weighted by Gasteiger charge is -2.36. The van der Waals surface area contributed by atoms with E-state index in [2.05, 4.69) is 30.9 Å². The van der Waals surface area contributed by atoms with Crippen LogP contribution >= 0.6 is 0 Å². The summed E-state index contributed by atoms with van der Waals surface area (Å²) in [5.74, 6) is -1.46. The maximum Gasteiger partial charge on any atom is 0.311 e. The number of rotatable bonds is 1. The molecule has 102 valence electrons. The minimum absolute atomic E-state index is 0.537. The first-order valence-electron chi connectivity index (χ1n) is 6.40. The molecule has 1 aliphatic heterocycles. The SMILES string of the molecule is Cc1cccc(N2CCN(C(=O)C(N)=O)CC2)c1C. The highest BCUT2D eigenvalue weighted by Gasteiger charge is 2.24. The molecule has 1 heterocycles. The van der Waals surface area contributed by atoms with Gasteiger partial charge in [-0.15, -0.1) is 0 Å². The molecule has 0 spiro atoms. The normalized spacial score (nSPS) is 15.5. The van der Waals surface area contributed by atoms with Crippen LogP contribution in [0.2, 0.25) is 0 Å². The average Bonchev–Trinajstić information content (AvgIpc) is 2.41. The fourth-order valence-electron chi connectivity index (χ4n) is 2.38. The molecular weight excluding hydrogens is 242 g/mol. The van der Waals surface area contributed by atoms with Gasteiger partial charge in [-0.05, 0) is 31.0 Å². The average molecular weight is 261 g/mol. The Hall–Kier alpha value is -2.04. The molecule has 1 aromatic rings. The molecule has 1 fully saturated rings. The summed E-state index contributed by atoms with van der Waals surface area (Å²) in [5.41, 5.74) is 8.73. The highest BCUT2D eigenvalue weighted by Crippen LogP contribution is 2.23. The predicted octanol–water partition coefficient (Wildman–Crippen LogP) is 0.437. The van der Waals surface area contributed by atoms with Crippen LogP contribution in [-0.2, 0) is 9.59 Å². The van der Waals surface area contributed by atoms with Crippen molar-refractivity contribution < 1.29 is 9.59 Å². The van der Waals surface area contributed by atoms with Crippen molar-refractivity contribution >= 4 is 17.5 Å².